The molecule has 0 atom stereocenters. The van der Waals surface area contributed by atoms with E-state index in [4.69, 9.17) is 0 Å². The van der Waals surface area contributed by atoms with Gasteiger partial charge in [-0.25, -0.2) is 22.5 Å². The number of piperazine rings is 1. The number of halogens is 1. The summed E-state index contributed by atoms with van der Waals surface area (Å²) in [5.41, 5.74) is 2.93. The predicted molar refractivity (Wildman–Crippen MR) is 152 cm³/mol. The number of nitrogens with one attached hydrogen (secondary N) is 3. The van der Waals surface area contributed by atoms with Crippen molar-refractivity contribution in [2.24, 2.45) is 0 Å². The van der Waals surface area contributed by atoms with Gasteiger partial charge in [0.05, 0.1) is 15.1 Å². The highest BCUT2D eigenvalue weighted by molar-refractivity contribution is 7.89. The van der Waals surface area contributed by atoms with Gasteiger partial charge in [0.25, 0.3) is 0 Å². The van der Waals surface area contributed by atoms with Crippen molar-refractivity contribution < 1.29 is 12.8 Å². The SMILES string of the molecule is CN1CCN(c2ccc(Nc3nc(NCCCNS(=O)(=O)c4cccc(F)c4)c4sccc4n3)cc2)CC1. The molecular weight excluding hydrogens is 525 g/mol. The Morgan fingerprint density at radius 3 is 2.55 bits per heavy atom. The van der Waals surface area contributed by atoms with Crippen LogP contribution < -0.4 is 20.3 Å². The summed E-state index contributed by atoms with van der Waals surface area (Å²) in [6, 6.07) is 15.2. The topological polar surface area (TPSA) is 102 Å². The fraction of sp³-hybridized carbons (Fsp3) is 0.308. The van der Waals surface area contributed by atoms with E-state index < -0.39 is 15.8 Å². The number of thiophene rings is 1. The van der Waals surface area contributed by atoms with E-state index in [0.717, 1.165) is 48.1 Å². The van der Waals surface area contributed by atoms with E-state index in [9.17, 15) is 12.8 Å². The summed E-state index contributed by atoms with van der Waals surface area (Å²) >= 11 is 1.54. The Labute approximate surface area is 225 Å². The molecule has 12 heteroatoms. The predicted octanol–water partition coefficient (Wildman–Crippen LogP) is 4.11. The first-order chi connectivity index (χ1) is 18.4. The van der Waals surface area contributed by atoms with Gasteiger partial charge in [0, 0.05) is 50.6 Å². The first-order valence-electron chi connectivity index (χ1n) is 12.4. The third-order valence-electron chi connectivity index (χ3n) is 6.34. The van der Waals surface area contributed by atoms with Gasteiger partial charge in [-0.3, -0.25) is 0 Å². The maximum Gasteiger partial charge on any atom is 0.240 e. The van der Waals surface area contributed by atoms with E-state index in [-0.39, 0.29) is 11.4 Å². The number of aromatic nitrogens is 2. The van der Waals surface area contributed by atoms with Crippen LogP contribution in [0.3, 0.4) is 0 Å². The summed E-state index contributed by atoms with van der Waals surface area (Å²) in [6.45, 7) is 4.85. The van der Waals surface area contributed by atoms with Crippen LogP contribution in [0.1, 0.15) is 6.42 Å². The lowest BCUT2D eigenvalue weighted by Gasteiger charge is -2.34. The van der Waals surface area contributed by atoms with Gasteiger partial charge in [0.1, 0.15) is 11.6 Å². The van der Waals surface area contributed by atoms with Crippen LogP contribution in [-0.2, 0) is 10.0 Å². The molecule has 1 aliphatic heterocycles. The number of hydrogen-bond donors (Lipinski definition) is 3. The normalized spacial score (nSPS) is 14.6. The zero-order valence-electron chi connectivity index (χ0n) is 21.0. The number of anilines is 4. The minimum absolute atomic E-state index is 0.0890. The molecule has 0 saturated carbocycles. The molecule has 0 aliphatic carbocycles. The molecule has 1 saturated heterocycles. The average Bonchev–Trinajstić information content (AvgIpc) is 3.38. The molecule has 0 unspecified atom stereocenters. The summed E-state index contributed by atoms with van der Waals surface area (Å²) in [5.74, 6) is 0.584. The molecule has 1 fully saturated rings. The minimum atomic E-state index is -3.76. The van der Waals surface area contributed by atoms with Gasteiger partial charge in [-0.2, -0.15) is 4.98 Å². The van der Waals surface area contributed by atoms with Gasteiger partial charge in [-0.1, -0.05) is 6.07 Å². The van der Waals surface area contributed by atoms with Crippen molar-refractivity contribution in [2.75, 3.05) is 61.8 Å². The lowest BCUT2D eigenvalue weighted by atomic mass is 10.2. The van der Waals surface area contributed by atoms with Crippen LogP contribution in [0, 0.1) is 5.82 Å². The first-order valence-corrected chi connectivity index (χ1v) is 14.8. The fourth-order valence-electron chi connectivity index (χ4n) is 4.21. The molecular formula is C26H30FN7O2S2. The third-order valence-corrected chi connectivity index (χ3v) is 8.71. The van der Waals surface area contributed by atoms with Gasteiger partial charge in [0.15, 0.2) is 0 Å². The zero-order chi connectivity index (χ0) is 26.5. The Morgan fingerprint density at radius 2 is 1.79 bits per heavy atom. The van der Waals surface area contributed by atoms with Gasteiger partial charge < -0.3 is 20.4 Å². The van der Waals surface area contributed by atoms with E-state index in [1.807, 2.05) is 23.6 Å². The van der Waals surface area contributed by atoms with E-state index in [1.165, 1.54) is 23.9 Å². The number of rotatable bonds is 10. The van der Waals surface area contributed by atoms with E-state index in [1.54, 1.807) is 11.3 Å². The third kappa shape index (κ3) is 6.38. The van der Waals surface area contributed by atoms with Crippen LogP contribution in [0.4, 0.5) is 27.5 Å². The van der Waals surface area contributed by atoms with E-state index in [2.05, 4.69) is 54.3 Å². The van der Waals surface area contributed by atoms with Crippen LogP contribution in [0.2, 0.25) is 0 Å². The second-order valence-corrected chi connectivity index (χ2v) is 11.8. The van der Waals surface area contributed by atoms with Crippen LogP contribution in [0.5, 0.6) is 0 Å². The molecule has 3 N–H and O–H groups in total. The summed E-state index contributed by atoms with van der Waals surface area (Å²) in [6.07, 6.45) is 0.516. The molecule has 4 aromatic rings. The first kappa shape index (κ1) is 26.3. The minimum Gasteiger partial charge on any atom is -0.369 e. The number of sulfonamides is 1. The summed E-state index contributed by atoms with van der Waals surface area (Å²) < 4.78 is 41.6. The maximum atomic E-state index is 13.4. The van der Waals surface area contributed by atoms with Crippen LogP contribution in [0.15, 0.2) is 64.9 Å². The Kier molecular flexibility index (Phi) is 8.03. The van der Waals surface area contributed by atoms with Crippen molar-refractivity contribution in [3.05, 3.63) is 65.8 Å². The summed E-state index contributed by atoms with van der Waals surface area (Å²) in [4.78, 5) is 13.9. The molecule has 0 radical (unpaired) electrons. The number of hydrogen-bond acceptors (Lipinski definition) is 9. The highest BCUT2D eigenvalue weighted by Gasteiger charge is 2.16. The lowest BCUT2D eigenvalue weighted by Crippen LogP contribution is -2.44. The molecule has 9 nitrogen and oxygen atoms in total. The van der Waals surface area contributed by atoms with Gasteiger partial charge in [-0.15, -0.1) is 11.3 Å². The van der Waals surface area contributed by atoms with Crippen LogP contribution >= 0.6 is 11.3 Å². The standard InChI is InChI=1S/C26H30FN7O2S2/c1-33-13-15-34(16-14-33)21-8-6-20(7-9-21)30-26-31-23-10-17-37-24(23)25(32-26)28-11-3-12-29-38(35,36)22-5-2-4-19(27)18-22/h2,4-10,17-18,29H,3,11-16H2,1H3,(H2,28,30,31,32). The number of likely N-dealkylation sites (N-methyl/N-ethyl adjacent to an activating group) is 1. The van der Waals surface area contributed by atoms with Crippen molar-refractivity contribution in [3.8, 4) is 0 Å². The van der Waals surface area contributed by atoms with E-state index >= 15 is 0 Å². The van der Waals surface area contributed by atoms with Crippen LogP contribution in [-0.4, -0.2) is 69.6 Å². The molecule has 200 valence electrons. The molecule has 2 aromatic heterocycles. The Balaban J connectivity index is 1.18. The van der Waals surface area contributed by atoms with Crippen LogP contribution in [0.25, 0.3) is 10.2 Å². The number of nitrogens with zero attached hydrogens (tertiary/aromatic N) is 4. The molecule has 3 heterocycles. The smallest absolute Gasteiger partial charge is 0.240 e. The molecule has 0 bridgehead atoms. The zero-order valence-corrected chi connectivity index (χ0v) is 22.7. The molecule has 5 rings (SSSR count). The number of benzene rings is 2. The number of fused-ring (bicyclic) bond motifs is 1. The van der Waals surface area contributed by atoms with Crippen molar-refractivity contribution >= 4 is 54.7 Å². The van der Waals surface area contributed by atoms with Gasteiger partial charge in [0.2, 0.25) is 16.0 Å². The molecule has 38 heavy (non-hydrogen) atoms. The fourth-order valence-corrected chi connectivity index (χ4v) is 6.11. The van der Waals surface area contributed by atoms with Crippen molar-refractivity contribution in [3.63, 3.8) is 0 Å². The Morgan fingerprint density at radius 1 is 1.00 bits per heavy atom. The maximum absolute atomic E-state index is 13.4. The summed E-state index contributed by atoms with van der Waals surface area (Å²) in [7, 11) is -1.62. The molecule has 0 spiro atoms. The van der Waals surface area contributed by atoms with Crippen molar-refractivity contribution in [1.82, 2.24) is 19.6 Å². The largest absolute Gasteiger partial charge is 0.369 e. The lowest BCUT2D eigenvalue weighted by molar-refractivity contribution is 0.313. The van der Waals surface area contributed by atoms with Gasteiger partial charge in [-0.05, 0) is 67.4 Å². The molecule has 2 aromatic carbocycles. The van der Waals surface area contributed by atoms with Gasteiger partial charge >= 0.3 is 0 Å². The van der Waals surface area contributed by atoms with Crippen molar-refractivity contribution in [1.29, 1.82) is 0 Å². The molecule has 0 amide bonds. The molecule has 1 aliphatic rings. The quantitative estimate of drug-likeness (QED) is 0.251. The summed E-state index contributed by atoms with van der Waals surface area (Å²) in [5, 5.41) is 8.57. The second-order valence-electron chi connectivity index (χ2n) is 9.13. The van der Waals surface area contributed by atoms with Crippen molar-refractivity contribution in [2.45, 2.75) is 11.3 Å². The average molecular weight is 556 g/mol. The second kappa shape index (κ2) is 11.6. The Hall–Kier alpha value is -3.32. The Bertz CT molecular complexity index is 1490. The highest BCUT2D eigenvalue weighted by atomic mass is 32.2. The highest BCUT2D eigenvalue weighted by Crippen LogP contribution is 2.29. The monoisotopic (exact) mass is 555 g/mol. The van der Waals surface area contributed by atoms with E-state index in [0.29, 0.717) is 24.7 Å².